The monoisotopic (exact) mass is 410 g/mol. The minimum absolute atomic E-state index is 0.316. The second-order valence-corrected chi connectivity index (χ2v) is 10.3. The van der Waals surface area contributed by atoms with E-state index < -0.39 is 0 Å². The molecule has 1 aromatic carbocycles. The molecule has 5 heteroatoms. The maximum absolute atomic E-state index is 4.21. The molecule has 1 aliphatic rings. The van der Waals surface area contributed by atoms with Gasteiger partial charge in [-0.1, -0.05) is 35.0 Å². The van der Waals surface area contributed by atoms with Crippen LogP contribution < -0.4 is 0 Å². The van der Waals surface area contributed by atoms with Crippen molar-refractivity contribution in [2.45, 2.75) is 48.5 Å². The summed E-state index contributed by atoms with van der Waals surface area (Å²) >= 11 is 7.87. The van der Waals surface area contributed by atoms with Gasteiger partial charge in [0.25, 0.3) is 0 Å². The molecule has 2 unspecified atom stereocenters. The average Bonchev–Trinajstić information content (AvgIpc) is 3.20. The van der Waals surface area contributed by atoms with Crippen LogP contribution in [0, 0.1) is 0 Å². The van der Waals surface area contributed by atoms with E-state index in [1.807, 2.05) is 12.5 Å². The van der Waals surface area contributed by atoms with Gasteiger partial charge in [0.15, 0.2) is 0 Å². The Morgan fingerprint density at radius 3 is 2.83 bits per heavy atom. The lowest BCUT2D eigenvalue weighted by molar-refractivity contribution is 0.571. The van der Waals surface area contributed by atoms with Crippen molar-refractivity contribution in [2.24, 2.45) is 0 Å². The SMILES string of the molecule is CCC1CSC(CCCc2ccc(Br)cc2)(Cn2ccnc2)S1. The Kier molecular flexibility index (Phi) is 6.16. The van der Waals surface area contributed by atoms with E-state index in [1.54, 1.807) is 0 Å². The average molecular weight is 411 g/mol. The van der Waals surface area contributed by atoms with Crippen molar-refractivity contribution < 1.29 is 0 Å². The molecular formula is C18H23BrN2S2. The Morgan fingerprint density at radius 1 is 1.35 bits per heavy atom. The van der Waals surface area contributed by atoms with Crippen LogP contribution in [0.3, 0.4) is 0 Å². The summed E-state index contributed by atoms with van der Waals surface area (Å²) in [5, 5.41) is 0.802. The summed E-state index contributed by atoms with van der Waals surface area (Å²) in [7, 11) is 0. The first-order chi connectivity index (χ1) is 11.2. The third-order valence-corrected chi connectivity index (χ3v) is 8.69. The van der Waals surface area contributed by atoms with Crippen molar-refractivity contribution >= 4 is 39.5 Å². The summed E-state index contributed by atoms with van der Waals surface area (Å²) in [5.41, 5.74) is 1.44. The van der Waals surface area contributed by atoms with Gasteiger partial charge in [-0.2, -0.15) is 0 Å². The highest BCUT2D eigenvalue weighted by molar-refractivity contribution is 9.10. The van der Waals surface area contributed by atoms with Gasteiger partial charge < -0.3 is 4.57 Å². The Bertz CT molecular complexity index is 600. The van der Waals surface area contributed by atoms with Gasteiger partial charge in [-0.3, -0.25) is 0 Å². The van der Waals surface area contributed by atoms with E-state index in [1.165, 1.54) is 30.6 Å². The van der Waals surface area contributed by atoms with E-state index in [0.717, 1.165) is 22.7 Å². The van der Waals surface area contributed by atoms with Crippen molar-refractivity contribution in [3.63, 3.8) is 0 Å². The first-order valence-electron chi connectivity index (χ1n) is 8.21. The van der Waals surface area contributed by atoms with Crippen LogP contribution in [0.15, 0.2) is 47.5 Å². The molecule has 1 aromatic heterocycles. The second kappa shape index (κ2) is 8.13. The van der Waals surface area contributed by atoms with E-state index >= 15 is 0 Å². The molecule has 0 bridgehead atoms. The summed E-state index contributed by atoms with van der Waals surface area (Å²) in [6, 6.07) is 8.75. The van der Waals surface area contributed by atoms with Gasteiger partial charge in [-0.15, -0.1) is 23.5 Å². The molecule has 1 saturated heterocycles. The summed E-state index contributed by atoms with van der Waals surface area (Å²) in [6.07, 6.45) is 10.9. The molecule has 0 N–H and O–H groups in total. The Morgan fingerprint density at radius 2 is 2.17 bits per heavy atom. The van der Waals surface area contributed by atoms with Crippen LogP contribution in [-0.2, 0) is 13.0 Å². The topological polar surface area (TPSA) is 17.8 Å². The number of rotatable bonds is 7. The lowest BCUT2D eigenvalue weighted by Crippen LogP contribution is -2.25. The number of aryl methyl sites for hydroxylation is 1. The Hall–Kier alpha value is -0.390. The van der Waals surface area contributed by atoms with Crippen molar-refractivity contribution in [1.29, 1.82) is 0 Å². The molecule has 2 nitrogen and oxygen atoms in total. The van der Waals surface area contributed by atoms with Gasteiger partial charge >= 0.3 is 0 Å². The van der Waals surface area contributed by atoms with Crippen molar-refractivity contribution in [3.8, 4) is 0 Å². The number of imidazole rings is 1. The third-order valence-electron chi connectivity index (χ3n) is 4.29. The predicted molar refractivity (Wildman–Crippen MR) is 106 cm³/mol. The molecule has 23 heavy (non-hydrogen) atoms. The molecular weight excluding hydrogens is 388 g/mol. The smallest absolute Gasteiger partial charge is 0.0946 e. The van der Waals surface area contributed by atoms with Crippen LogP contribution in [0.1, 0.15) is 31.7 Å². The highest BCUT2D eigenvalue weighted by atomic mass is 79.9. The maximum atomic E-state index is 4.21. The van der Waals surface area contributed by atoms with Crippen molar-refractivity contribution in [2.75, 3.05) is 5.75 Å². The minimum atomic E-state index is 0.316. The second-order valence-electron chi connectivity index (χ2n) is 6.08. The van der Waals surface area contributed by atoms with E-state index in [4.69, 9.17) is 0 Å². The zero-order chi connectivity index (χ0) is 16.1. The first-order valence-corrected chi connectivity index (χ1v) is 10.9. The quantitative estimate of drug-likeness (QED) is 0.589. The fourth-order valence-electron chi connectivity index (χ4n) is 2.98. The summed E-state index contributed by atoms with van der Waals surface area (Å²) in [5.74, 6) is 1.29. The number of aromatic nitrogens is 2. The number of benzene rings is 1. The van der Waals surface area contributed by atoms with Crippen LogP contribution in [0.4, 0.5) is 0 Å². The molecule has 2 aromatic rings. The number of hydrogen-bond donors (Lipinski definition) is 0. The van der Waals surface area contributed by atoms with Gasteiger partial charge in [-0.25, -0.2) is 4.98 Å². The highest BCUT2D eigenvalue weighted by Crippen LogP contribution is 2.52. The predicted octanol–water partition coefficient (Wildman–Crippen LogP) is 5.62. The van der Waals surface area contributed by atoms with Crippen molar-refractivity contribution in [3.05, 3.63) is 53.0 Å². The summed E-state index contributed by atoms with van der Waals surface area (Å²) < 4.78 is 3.72. The molecule has 124 valence electrons. The van der Waals surface area contributed by atoms with E-state index in [-0.39, 0.29) is 0 Å². The zero-order valence-corrected chi connectivity index (χ0v) is 16.7. The fraction of sp³-hybridized carbons (Fsp3) is 0.500. The van der Waals surface area contributed by atoms with Crippen LogP contribution in [0.2, 0.25) is 0 Å². The van der Waals surface area contributed by atoms with Crippen LogP contribution in [0.25, 0.3) is 0 Å². The molecule has 0 saturated carbocycles. The molecule has 2 atom stereocenters. The lowest BCUT2D eigenvalue weighted by atomic mass is 10.1. The Balaban J connectivity index is 1.61. The lowest BCUT2D eigenvalue weighted by Gasteiger charge is -2.28. The number of halogens is 1. The first kappa shape index (κ1) is 17.4. The Labute approximate surface area is 156 Å². The molecule has 3 rings (SSSR count). The largest absolute Gasteiger partial charge is 0.335 e. The van der Waals surface area contributed by atoms with Gasteiger partial charge in [0, 0.05) is 34.4 Å². The molecule has 0 amide bonds. The van der Waals surface area contributed by atoms with Gasteiger partial charge in [0.1, 0.15) is 0 Å². The number of hydrogen-bond acceptors (Lipinski definition) is 3. The minimum Gasteiger partial charge on any atom is -0.335 e. The number of nitrogens with zero attached hydrogens (tertiary/aromatic N) is 2. The van der Waals surface area contributed by atoms with Gasteiger partial charge in [0.05, 0.1) is 10.4 Å². The molecule has 1 fully saturated rings. The molecule has 2 heterocycles. The van der Waals surface area contributed by atoms with Gasteiger partial charge in [-0.05, 0) is 43.4 Å². The molecule has 0 spiro atoms. The summed E-state index contributed by atoms with van der Waals surface area (Å²) in [4.78, 5) is 4.21. The molecule has 1 aliphatic heterocycles. The number of thioether (sulfide) groups is 2. The normalized spacial score (nSPS) is 24.2. The van der Waals surface area contributed by atoms with E-state index in [2.05, 4.69) is 86.4 Å². The van der Waals surface area contributed by atoms with Crippen LogP contribution in [0.5, 0.6) is 0 Å². The van der Waals surface area contributed by atoms with E-state index in [9.17, 15) is 0 Å². The fourth-order valence-corrected chi connectivity index (χ4v) is 7.12. The van der Waals surface area contributed by atoms with Crippen LogP contribution >= 0.6 is 39.5 Å². The third kappa shape index (κ3) is 4.80. The molecule has 0 radical (unpaired) electrons. The summed E-state index contributed by atoms with van der Waals surface area (Å²) in [6.45, 7) is 3.38. The zero-order valence-electron chi connectivity index (χ0n) is 13.5. The van der Waals surface area contributed by atoms with Gasteiger partial charge in [0.2, 0.25) is 0 Å². The van der Waals surface area contributed by atoms with Crippen molar-refractivity contribution in [1.82, 2.24) is 9.55 Å². The molecule has 0 aliphatic carbocycles. The van der Waals surface area contributed by atoms with Crippen LogP contribution in [-0.4, -0.2) is 24.6 Å². The van der Waals surface area contributed by atoms with E-state index in [0.29, 0.717) is 4.08 Å². The standard InChI is InChI=1S/C18H23BrN2S2/c1-2-17-12-22-18(23-17,13-21-11-10-20-14-21)9-3-4-15-5-7-16(19)8-6-15/h5-8,10-11,14,17H,2-4,9,12-13H2,1H3. The maximum Gasteiger partial charge on any atom is 0.0946 e. The highest BCUT2D eigenvalue weighted by Gasteiger charge is 2.39.